The maximum Gasteiger partial charge on any atom is 0.337 e. The summed E-state index contributed by atoms with van der Waals surface area (Å²) < 4.78 is 0. The number of carbonyl (C=O) groups is 1. The monoisotopic (exact) mass is 314 g/mol. The molecule has 1 heterocycles. The number of nitrogens with one attached hydrogen (secondary N) is 1. The van der Waals surface area contributed by atoms with Crippen LogP contribution in [0.25, 0.3) is 0 Å². The van der Waals surface area contributed by atoms with Crippen LogP contribution in [-0.4, -0.2) is 16.1 Å². The van der Waals surface area contributed by atoms with Gasteiger partial charge in [0.2, 0.25) is 0 Å². The van der Waals surface area contributed by atoms with Crippen LogP contribution in [0.1, 0.15) is 52.6 Å². The number of pyridine rings is 1. The average molecular weight is 315 g/mol. The Labute approximate surface area is 133 Å². The molecule has 1 fully saturated rings. The number of rotatable bonds is 3. The molecule has 0 aliphatic heterocycles. The Kier molecular flexibility index (Phi) is 3.08. The third-order valence-electron chi connectivity index (χ3n) is 4.73. The summed E-state index contributed by atoms with van der Waals surface area (Å²) in [6, 6.07) is 7.47. The van der Waals surface area contributed by atoms with Gasteiger partial charge in [0, 0.05) is 22.5 Å². The second-order valence-corrected chi connectivity index (χ2v) is 6.43. The number of fused-ring (bicyclic) bond motifs is 5. The second kappa shape index (κ2) is 4.99. The standard InChI is InChI=1S/C17H15ClN2O2/c18-11-2-1-3-12(7-11)20-16-15-10-5-4-9(6-10)14(15)13(8-19-16)17(21)22/h1-3,7-10H,4-6H2,(H,19,20)(H,21,22). The van der Waals surface area contributed by atoms with Gasteiger partial charge in [-0.15, -0.1) is 0 Å². The van der Waals surface area contributed by atoms with E-state index in [1.165, 1.54) is 6.20 Å². The molecule has 0 saturated heterocycles. The zero-order chi connectivity index (χ0) is 15.3. The van der Waals surface area contributed by atoms with Crippen molar-refractivity contribution in [2.75, 3.05) is 5.32 Å². The molecule has 0 amide bonds. The number of halogens is 1. The Morgan fingerprint density at radius 1 is 1.27 bits per heavy atom. The largest absolute Gasteiger partial charge is 0.478 e. The molecule has 1 saturated carbocycles. The van der Waals surface area contributed by atoms with Crippen molar-refractivity contribution in [2.24, 2.45) is 0 Å². The molecule has 2 atom stereocenters. The number of aromatic carboxylic acids is 1. The Morgan fingerprint density at radius 2 is 2.05 bits per heavy atom. The fourth-order valence-corrected chi connectivity index (χ4v) is 4.06. The van der Waals surface area contributed by atoms with Gasteiger partial charge in [-0.2, -0.15) is 0 Å². The third-order valence-corrected chi connectivity index (χ3v) is 4.96. The topological polar surface area (TPSA) is 62.2 Å². The lowest BCUT2D eigenvalue weighted by molar-refractivity contribution is 0.0694. The number of aromatic nitrogens is 1. The predicted octanol–water partition coefficient (Wildman–Crippen LogP) is 4.54. The first kappa shape index (κ1) is 13.6. The van der Waals surface area contributed by atoms with Gasteiger partial charge in [-0.25, -0.2) is 9.78 Å². The maximum absolute atomic E-state index is 11.5. The highest BCUT2D eigenvalue weighted by Gasteiger charge is 2.41. The van der Waals surface area contributed by atoms with E-state index in [0.29, 0.717) is 22.4 Å². The van der Waals surface area contributed by atoms with E-state index < -0.39 is 5.97 Å². The second-order valence-electron chi connectivity index (χ2n) is 6.00. The first-order chi connectivity index (χ1) is 10.6. The lowest BCUT2D eigenvalue weighted by atomic mass is 9.89. The van der Waals surface area contributed by atoms with Crippen molar-refractivity contribution >= 4 is 29.1 Å². The van der Waals surface area contributed by atoms with Crippen LogP contribution >= 0.6 is 11.6 Å². The van der Waals surface area contributed by atoms with Crippen LogP contribution in [0.4, 0.5) is 11.5 Å². The zero-order valence-corrected chi connectivity index (χ0v) is 12.6. The van der Waals surface area contributed by atoms with Crippen molar-refractivity contribution in [2.45, 2.75) is 31.1 Å². The molecule has 2 N–H and O–H groups in total. The van der Waals surface area contributed by atoms with Gasteiger partial charge >= 0.3 is 5.97 Å². The van der Waals surface area contributed by atoms with Crippen LogP contribution in [0.5, 0.6) is 0 Å². The van der Waals surface area contributed by atoms with Crippen LogP contribution in [-0.2, 0) is 0 Å². The first-order valence-corrected chi connectivity index (χ1v) is 7.80. The van der Waals surface area contributed by atoms with Crippen LogP contribution in [0.3, 0.4) is 0 Å². The molecule has 0 spiro atoms. The summed E-state index contributed by atoms with van der Waals surface area (Å²) in [5, 5.41) is 13.4. The van der Waals surface area contributed by atoms with Crippen molar-refractivity contribution in [1.82, 2.24) is 4.98 Å². The molecular formula is C17H15ClN2O2. The van der Waals surface area contributed by atoms with Gasteiger partial charge in [-0.05, 0) is 54.9 Å². The summed E-state index contributed by atoms with van der Waals surface area (Å²) in [6.45, 7) is 0. The van der Waals surface area contributed by atoms with Crippen LogP contribution < -0.4 is 5.32 Å². The normalized spacial score (nSPS) is 21.7. The molecule has 4 nitrogen and oxygen atoms in total. The van der Waals surface area contributed by atoms with E-state index in [-0.39, 0.29) is 0 Å². The van der Waals surface area contributed by atoms with Crippen molar-refractivity contribution in [3.8, 4) is 0 Å². The number of nitrogens with zero attached hydrogens (tertiary/aromatic N) is 1. The number of carboxylic acid groups (broad SMARTS) is 1. The molecule has 1 aromatic heterocycles. The number of anilines is 2. The minimum absolute atomic E-state index is 0.360. The van der Waals surface area contributed by atoms with E-state index in [4.69, 9.17) is 11.6 Å². The molecule has 22 heavy (non-hydrogen) atoms. The van der Waals surface area contributed by atoms with Crippen molar-refractivity contribution in [3.63, 3.8) is 0 Å². The quantitative estimate of drug-likeness (QED) is 0.873. The highest BCUT2D eigenvalue weighted by atomic mass is 35.5. The molecule has 2 unspecified atom stereocenters. The van der Waals surface area contributed by atoms with Gasteiger partial charge in [0.25, 0.3) is 0 Å². The van der Waals surface area contributed by atoms with Gasteiger partial charge in [-0.1, -0.05) is 17.7 Å². The lowest BCUT2D eigenvalue weighted by Crippen LogP contribution is -2.11. The maximum atomic E-state index is 11.5. The third kappa shape index (κ3) is 2.06. The molecule has 2 aliphatic carbocycles. The molecule has 4 rings (SSSR count). The lowest BCUT2D eigenvalue weighted by Gasteiger charge is -2.20. The van der Waals surface area contributed by atoms with Gasteiger partial charge in [0.15, 0.2) is 0 Å². The van der Waals surface area contributed by atoms with Gasteiger partial charge < -0.3 is 10.4 Å². The van der Waals surface area contributed by atoms with Crippen molar-refractivity contribution < 1.29 is 9.90 Å². The van der Waals surface area contributed by atoms with Crippen LogP contribution in [0, 0.1) is 0 Å². The van der Waals surface area contributed by atoms with Gasteiger partial charge in [0.05, 0.1) is 5.56 Å². The van der Waals surface area contributed by atoms with E-state index in [1.54, 1.807) is 0 Å². The highest BCUT2D eigenvalue weighted by Crippen LogP contribution is 2.56. The molecule has 112 valence electrons. The first-order valence-electron chi connectivity index (χ1n) is 7.42. The molecule has 2 bridgehead atoms. The van der Waals surface area contributed by atoms with Gasteiger partial charge in [-0.3, -0.25) is 0 Å². The minimum atomic E-state index is -0.884. The Hall–Kier alpha value is -2.07. The zero-order valence-electron chi connectivity index (χ0n) is 11.8. The van der Waals surface area contributed by atoms with E-state index in [1.807, 2.05) is 24.3 Å². The van der Waals surface area contributed by atoms with Crippen molar-refractivity contribution in [1.29, 1.82) is 0 Å². The summed E-state index contributed by atoms with van der Waals surface area (Å²) in [5.41, 5.74) is 3.31. The number of carboxylic acids is 1. The summed E-state index contributed by atoms with van der Waals surface area (Å²) in [5.74, 6) is 0.683. The molecular weight excluding hydrogens is 300 g/mol. The number of benzene rings is 1. The Balaban J connectivity index is 1.80. The van der Waals surface area contributed by atoms with E-state index in [2.05, 4.69) is 10.3 Å². The summed E-state index contributed by atoms with van der Waals surface area (Å²) in [7, 11) is 0. The molecule has 1 aromatic carbocycles. The smallest absolute Gasteiger partial charge is 0.337 e. The molecule has 0 radical (unpaired) electrons. The van der Waals surface area contributed by atoms with Crippen molar-refractivity contribution in [3.05, 3.63) is 52.2 Å². The van der Waals surface area contributed by atoms with E-state index in [9.17, 15) is 9.90 Å². The predicted molar refractivity (Wildman–Crippen MR) is 85.3 cm³/mol. The van der Waals surface area contributed by atoms with E-state index >= 15 is 0 Å². The fraction of sp³-hybridized carbons (Fsp3) is 0.294. The number of hydrogen-bond donors (Lipinski definition) is 2. The minimum Gasteiger partial charge on any atom is -0.478 e. The molecule has 2 aromatic rings. The summed E-state index contributed by atoms with van der Waals surface area (Å²) in [6.07, 6.45) is 4.73. The average Bonchev–Trinajstić information content (AvgIpc) is 3.09. The van der Waals surface area contributed by atoms with Crippen LogP contribution in [0.2, 0.25) is 5.02 Å². The Morgan fingerprint density at radius 3 is 2.77 bits per heavy atom. The fourth-order valence-electron chi connectivity index (χ4n) is 3.87. The summed E-state index contributed by atoms with van der Waals surface area (Å²) in [4.78, 5) is 15.9. The highest BCUT2D eigenvalue weighted by molar-refractivity contribution is 6.30. The number of hydrogen-bond acceptors (Lipinski definition) is 3. The summed E-state index contributed by atoms with van der Waals surface area (Å²) >= 11 is 6.02. The SMILES string of the molecule is O=C(O)c1cnc(Nc2cccc(Cl)c2)c2c1C1CCC2C1. The van der Waals surface area contributed by atoms with E-state index in [0.717, 1.165) is 41.9 Å². The van der Waals surface area contributed by atoms with Crippen LogP contribution in [0.15, 0.2) is 30.5 Å². The molecule has 5 heteroatoms. The van der Waals surface area contributed by atoms with Gasteiger partial charge in [0.1, 0.15) is 5.82 Å². The molecule has 2 aliphatic rings. The Bertz CT molecular complexity index is 775.